The third-order valence-electron chi connectivity index (χ3n) is 2.04. The summed E-state index contributed by atoms with van der Waals surface area (Å²) in [5.41, 5.74) is 6.06. The van der Waals surface area contributed by atoms with Gasteiger partial charge in [0.25, 0.3) is 5.91 Å². The Morgan fingerprint density at radius 3 is 3.00 bits per heavy atom. The van der Waals surface area contributed by atoms with Gasteiger partial charge in [-0.25, -0.2) is 0 Å². The zero-order valence-corrected chi connectivity index (χ0v) is 10.5. The van der Waals surface area contributed by atoms with Crippen molar-refractivity contribution in [2.75, 3.05) is 17.7 Å². The number of amides is 1. The van der Waals surface area contributed by atoms with Crippen molar-refractivity contribution >= 4 is 28.1 Å². The monoisotopic (exact) mass is 264 g/mol. The van der Waals surface area contributed by atoms with Crippen molar-refractivity contribution in [1.29, 1.82) is 0 Å². The summed E-state index contributed by atoms with van der Waals surface area (Å²) in [6.45, 7) is 2.47. The largest absolute Gasteiger partial charge is 0.494 e. The van der Waals surface area contributed by atoms with Crippen LogP contribution in [0.1, 0.15) is 16.7 Å². The van der Waals surface area contributed by atoms with Gasteiger partial charge in [-0.3, -0.25) is 4.79 Å². The fraction of sp³-hybridized carbons (Fsp3) is 0.182. The van der Waals surface area contributed by atoms with E-state index in [0.717, 1.165) is 11.3 Å². The fourth-order valence-corrected chi connectivity index (χ4v) is 1.85. The number of aromatic nitrogens is 2. The highest BCUT2D eigenvalue weighted by atomic mass is 32.1. The van der Waals surface area contributed by atoms with Crippen LogP contribution in [0.15, 0.2) is 24.3 Å². The summed E-state index contributed by atoms with van der Waals surface area (Å²) in [4.78, 5) is 11.8. The second-order valence-corrected chi connectivity index (χ2v) is 4.37. The Morgan fingerprint density at radius 1 is 1.50 bits per heavy atom. The van der Waals surface area contributed by atoms with Gasteiger partial charge >= 0.3 is 0 Å². The minimum Gasteiger partial charge on any atom is -0.494 e. The van der Waals surface area contributed by atoms with Crippen LogP contribution < -0.4 is 15.8 Å². The van der Waals surface area contributed by atoms with Crippen LogP contribution >= 0.6 is 11.3 Å². The van der Waals surface area contributed by atoms with Crippen molar-refractivity contribution in [3.63, 3.8) is 0 Å². The normalized spacial score (nSPS) is 10.1. The van der Waals surface area contributed by atoms with Gasteiger partial charge in [-0.1, -0.05) is 17.4 Å². The molecule has 18 heavy (non-hydrogen) atoms. The summed E-state index contributed by atoms with van der Waals surface area (Å²) in [5.74, 6) is 0.366. The molecule has 0 unspecified atom stereocenters. The smallest absolute Gasteiger partial charge is 0.286 e. The van der Waals surface area contributed by atoms with Crippen LogP contribution in [0.5, 0.6) is 5.75 Å². The van der Waals surface area contributed by atoms with Gasteiger partial charge in [0.2, 0.25) is 10.1 Å². The van der Waals surface area contributed by atoms with Gasteiger partial charge in [0.15, 0.2) is 0 Å². The number of nitrogens with zero attached hydrogens (tertiary/aromatic N) is 2. The first-order valence-corrected chi connectivity index (χ1v) is 6.14. The first-order chi connectivity index (χ1) is 8.69. The SMILES string of the molecule is CCOc1cccc(NC(=O)c2nnc(N)s2)c1. The Kier molecular flexibility index (Phi) is 3.73. The first kappa shape index (κ1) is 12.3. The summed E-state index contributed by atoms with van der Waals surface area (Å²) in [5, 5.41) is 10.5. The van der Waals surface area contributed by atoms with Crippen molar-refractivity contribution in [2.24, 2.45) is 0 Å². The zero-order valence-electron chi connectivity index (χ0n) is 9.71. The Bertz CT molecular complexity index is 555. The summed E-state index contributed by atoms with van der Waals surface area (Å²) >= 11 is 1.04. The van der Waals surface area contributed by atoms with Gasteiger partial charge in [-0.05, 0) is 19.1 Å². The van der Waals surface area contributed by atoms with Gasteiger partial charge in [-0.2, -0.15) is 0 Å². The first-order valence-electron chi connectivity index (χ1n) is 5.32. The van der Waals surface area contributed by atoms with Crippen LogP contribution in [0.4, 0.5) is 10.8 Å². The Balaban J connectivity index is 2.09. The molecule has 0 bridgehead atoms. The number of benzene rings is 1. The van der Waals surface area contributed by atoms with E-state index in [4.69, 9.17) is 10.5 Å². The molecule has 7 heteroatoms. The van der Waals surface area contributed by atoms with Crippen molar-refractivity contribution in [3.05, 3.63) is 29.3 Å². The molecule has 1 aromatic heterocycles. The van der Waals surface area contributed by atoms with Crippen LogP contribution in [0.25, 0.3) is 0 Å². The van der Waals surface area contributed by atoms with E-state index in [0.29, 0.717) is 18.0 Å². The summed E-state index contributed by atoms with van der Waals surface area (Å²) in [6.07, 6.45) is 0. The highest BCUT2D eigenvalue weighted by Crippen LogP contribution is 2.19. The van der Waals surface area contributed by atoms with E-state index < -0.39 is 0 Å². The summed E-state index contributed by atoms with van der Waals surface area (Å²) in [7, 11) is 0. The number of nitrogens with two attached hydrogens (primary N) is 1. The standard InChI is InChI=1S/C11H12N4O2S/c1-2-17-8-5-3-4-7(6-8)13-9(16)10-14-15-11(12)18-10/h3-6H,2H2,1H3,(H2,12,15)(H,13,16). The number of anilines is 2. The minimum atomic E-state index is -0.335. The van der Waals surface area contributed by atoms with Gasteiger partial charge in [-0.15, -0.1) is 10.2 Å². The molecule has 0 radical (unpaired) electrons. The molecule has 3 N–H and O–H groups in total. The number of rotatable bonds is 4. The molecule has 94 valence electrons. The molecule has 6 nitrogen and oxygen atoms in total. The molecule has 0 spiro atoms. The number of nitrogens with one attached hydrogen (secondary N) is 1. The molecular formula is C11H12N4O2S. The third-order valence-corrected chi connectivity index (χ3v) is 2.79. The van der Waals surface area contributed by atoms with Crippen molar-refractivity contribution in [2.45, 2.75) is 6.92 Å². The highest BCUT2D eigenvalue weighted by Gasteiger charge is 2.11. The molecule has 0 atom stereocenters. The van der Waals surface area contributed by atoms with Crippen molar-refractivity contribution in [3.8, 4) is 5.75 Å². The molecule has 2 aromatic rings. The number of carbonyl (C=O) groups excluding carboxylic acids is 1. The fourth-order valence-electron chi connectivity index (χ4n) is 1.34. The third kappa shape index (κ3) is 2.95. The Morgan fingerprint density at radius 2 is 2.33 bits per heavy atom. The average molecular weight is 264 g/mol. The van der Waals surface area contributed by atoms with Gasteiger partial charge in [0.05, 0.1) is 6.61 Å². The van der Waals surface area contributed by atoms with Crippen LogP contribution in [0.3, 0.4) is 0 Å². The van der Waals surface area contributed by atoms with E-state index in [1.807, 2.05) is 13.0 Å². The van der Waals surface area contributed by atoms with Gasteiger partial charge in [0.1, 0.15) is 5.75 Å². The van der Waals surface area contributed by atoms with Crippen molar-refractivity contribution in [1.82, 2.24) is 10.2 Å². The maximum atomic E-state index is 11.8. The number of ether oxygens (including phenoxy) is 1. The predicted octanol–water partition coefficient (Wildman–Crippen LogP) is 1.77. The lowest BCUT2D eigenvalue weighted by atomic mass is 10.3. The number of hydrogen-bond acceptors (Lipinski definition) is 6. The maximum Gasteiger partial charge on any atom is 0.286 e. The molecule has 0 saturated heterocycles. The molecule has 2 rings (SSSR count). The topological polar surface area (TPSA) is 90.1 Å². The molecule has 1 amide bonds. The van der Waals surface area contributed by atoms with E-state index >= 15 is 0 Å². The molecule has 1 heterocycles. The van der Waals surface area contributed by atoms with Crippen LogP contribution in [0, 0.1) is 0 Å². The lowest BCUT2D eigenvalue weighted by Crippen LogP contribution is -2.11. The van der Waals surface area contributed by atoms with Gasteiger partial charge < -0.3 is 15.8 Å². The minimum absolute atomic E-state index is 0.231. The zero-order chi connectivity index (χ0) is 13.0. The molecular weight excluding hydrogens is 252 g/mol. The number of carbonyl (C=O) groups is 1. The molecule has 0 saturated carbocycles. The predicted molar refractivity (Wildman–Crippen MR) is 69.9 cm³/mol. The molecule has 1 aromatic carbocycles. The second-order valence-electron chi connectivity index (χ2n) is 3.36. The van der Waals surface area contributed by atoms with E-state index in [1.54, 1.807) is 18.2 Å². The van der Waals surface area contributed by atoms with Crippen LogP contribution in [-0.4, -0.2) is 22.7 Å². The molecule has 0 aliphatic rings. The van der Waals surface area contributed by atoms with Crippen LogP contribution in [0.2, 0.25) is 0 Å². The quantitative estimate of drug-likeness (QED) is 0.878. The lowest BCUT2D eigenvalue weighted by molar-refractivity contribution is 0.102. The molecule has 0 aliphatic carbocycles. The molecule has 0 fully saturated rings. The summed E-state index contributed by atoms with van der Waals surface area (Å²) in [6, 6.07) is 7.13. The van der Waals surface area contributed by atoms with E-state index in [2.05, 4.69) is 15.5 Å². The number of hydrogen-bond donors (Lipinski definition) is 2. The average Bonchev–Trinajstić information content (AvgIpc) is 2.77. The van der Waals surface area contributed by atoms with E-state index in [9.17, 15) is 4.79 Å². The Hall–Kier alpha value is -2.15. The van der Waals surface area contributed by atoms with E-state index in [1.165, 1.54) is 0 Å². The molecule has 0 aliphatic heterocycles. The maximum absolute atomic E-state index is 11.8. The number of nitrogen functional groups attached to an aromatic ring is 1. The van der Waals surface area contributed by atoms with Crippen LogP contribution in [-0.2, 0) is 0 Å². The second kappa shape index (κ2) is 5.46. The lowest BCUT2D eigenvalue weighted by Gasteiger charge is -2.06. The summed E-state index contributed by atoms with van der Waals surface area (Å²) < 4.78 is 5.34. The van der Waals surface area contributed by atoms with E-state index in [-0.39, 0.29) is 16.0 Å². The van der Waals surface area contributed by atoms with Gasteiger partial charge in [0, 0.05) is 11.8 Å². The highest BCUT2D eigenvalue weighted by molar-refractivity contribution is 7.16. The Labute approximate surface area is 108 Å². The van der Waals surface area contributed by atoms with Crippen molar-refractivity contribution < 1.29 is 9.53 Å².